The van der Waals surface area contributed by atoms with Crippen LogP contribution >= 0.6 is 35.0 Å². The Bertz CT molecular complexity index is 1360. The molecular weight excluding hydrogens is 542 g/mol. The third kappa shape index (κ3) is 6.04. The third-order valence-corrected chi connectivity index (χ3v) is 8.59. The minimum Gasteiger partial charge on any atom is -0.489 e. The number of alkyl halides is 1. The molecule has 0 saturated carbocycles. The van der Waals surface area contributed by atoms with Gasteiger partial charge in [-0.2, -0.15) is 0 Å². The highest BCUT2D eigenvalue weighted by Gasteiger charge is 2.25. The molecule has 2 aliphatic rings. The molecule has 1 unspecified atom stereocenters. The summed E-state index contributed by atoms with van der Waals surface area (Å²) in [4.78, 5) is 15.1. The van der Waals surface area contributed by atoms with Crippen LogP contribution in [0.2, 0.25) is 10.0 Å². The number of hydrogen-bond acceptors (Lipinski definition) is 4. The first-order chi connectivity index (χ1) is 18.4. The first-order valence-electron chi connectivity index (χ1n) is 12.7. The molecule has 8 heteroatoms. The predicted octanol–water partition coefficient (Wildman–Crippen LogP) is 7.36. The summed E-state index contributed by atoms with van der Waals surface area (Å²) in [7, 11) is 0. The maximum Gasteiger partial charge on any atom is 0.248 e. The standard InChI is InChI=1S/C30H29Cl2FN2O2S/c31-21-5-9-24(27(32)17-21)25-11-15-38-28-16-20(30(34)36)4-8-26(28)29(25)19-2-6-22(7-3-19)37-23-10-14-35(18-23)13-1-12-33/h2-9,16-17,23H,1,10-15,18H2,(H2,34,36). The van der Waals surface area contributed by atoms with Gasteiger partial charge in [-0.05, 0) is 83.5 Å². The Morgan fingerprint density at radius 1 is 1.08 bits per heavy atom. The molecule has 38 heavy (non-hydrogen) atoms. The number of primary amides is 1. The van der Waals surface area contributed by atoms with E-state index in [1.54, 1.807) is 23.9 Å². The number of ether oxygens (including phenoxy) is 1. The van der Waals surface area contributed by atoms with Gasteiger partial charge in [-0.1, -0.05) is 47.5 Å². The number of carbonyl (C=O) groups excluding carboxylic acids is 1. The highest BCUT2D eigenvalue weighted by atomic mass is 35.5. The van der Waals surface area contributed by atoms with E-state index < -0.39 is 5.91 Å². The first-order valence-corrected chi connectivity index (χ1v) is 14.5. The van der Waals surface area contributed by atoms with Gasteiger partial charge in [0.2, 0.25) is 5.91 Å². The molecule has 1 saturated heterocycles. The quantitative estimate of drug-likeness (QED) is 0.307. The zero-order valence-corrected chi connectivity index (χ0v) is 23.2. The fourth-order valence-electron chi connectivity index (χ4n) is 5.16. The second-order valence-corrected chi connectivity index (χ2v) is 11.5. The average molecular weight is 572 g/mol. The third-order valence-electron chi connectivity index (χ3n) is 6.99. The maximum absolute atomic E-state index is 12.5. The normalized spacial score (nSPS) is 17.8. The second-order valence-electron chi connectivity index (χ2n) is 9.55. The van der Waals surface area contributed by atoms with E-state index in [4.69, 9.17) is 33.7 Å². The second kappa shape index (κ2) is 12.1. The monoisotopic (exact) mass is 570 g/mol. The molecule has 0 aromatic heterocycles. The SMILES string of the molecule is NC(=O)c1ccc2c(c1)SCCC(c1ccc(Cl)cc1Cl)=C2c1ccc(OC2CCN(CCCF)C2)cc1. The van der Waals surface area contributed by atoms with Crippen molar-refractivity contribution in [1.29, 1.82) is 0 Å². The van der Waals surface area contributed by atoms with Gasteiger partial charge in [0.1, 0.15) is 11.9 Å². The summed E-state index contributed by atoms with van der Waals surface area (Å²) in [6, 6.07) is 19.4. The van der Waals surface area contributed by atoms with E-state index in [0.29, 0.717) is 22.0 Å². The summed E-state index contributed by atoms with van der Waals surface area (Å²) >= 11 is 14.6. The summed E-state index contributed by atoms with van der Waals surface area (Å²) in [5, 5.41) is 1.19. The van der Waals surface area contributed by atoms with E-state index in [9.17, 15) is 9.18 Å². The Balaban J connectivity index is 1.51. The van der Waals surface area contributed by atoms with Crippen molar-refractivity contribution < 1.29 is 13.9 Å². The molecule has 3 aromatic rings. The number of halogens is 3. The number of nitrogens with zero attached hydrogens (tertiary/aromatic N) is 1. The molecule has 4 nitrogen and oxygen atoms in total. The lowest BCUT2D eigenvalue weighted by molar-refractivity contribution is 0.1000. The lowest BCUT2D eigenvalue weighted by Crippen LogP contribution is -2.26. The number of amides is 1. The Hall–Kier alpha value is -2.51. The summed E-state index contributed by atoms with van der Waals surface area (Å²) < 4.78 is 18.8. The van der Waals surface area contributed by atoms with Crippen LogP contribution in [0.15, 0.2) is 65.6 Å². The van der Waals surface area contributed by atoms with E-state index in [-0.39, 0.29) is 12.8 Å². The van der Waals surface area contributed by atoms with E-state index in [1.807, 2.05) is 36.4 Å². The van der Waals surface area contributed by atoms with Crippen LogP contribution in [0.4, 0.5) is 4.39 Å². The summed E-state index contributed by atoms with van der Waals surface area (Å²) in [5.74, 6) is 1.19. The molecule has 2 heterocycles. The average Bonchev–Trinajstić information content (AvgIpc) is 3.26. The van der Waals surface area contributed by atoms with E-state index in [2.05, 4.69) is 17.0 Å². The molecule has 1 atom stereocenters. The summed E-state index contributed by atoms with van der Waals surface area (Å²) in [6.07, 6.45) is 2.39. The Morgan fingerprint density at radius 2 is 1.87 bits per heavy atom. The number of thioether (sulfide) groups is 1. The van der Waals surface area contributed by atoms with Crippen molar-refractivity contribution in [2.24, 2.45) is 5.73 Å². The molecule has 198 valence electrons. The molecule has 5 rings (SSSR count). The van der Waals surface area contributed by atoms with E-state index in [1.165, 1.54) is 0 Å². The van der Waals surface area contributed by atoms with Gasteiger partial charge in [0.05, 0.1) is 6.67 Å². The van der Waals surface area contributed by atoms with Crippen LogP contribution in [0.1, 0.15) is 46.3 Å². The van der Waals surface area contributed by atoms with Crippen molar-refractivity contribution in [1.82, 2.24) is 4.90 Å². The zero-order chi connectivity index (χ0) is 26.6. The van der Waals surface area contributed by atoms with Crippen LogP contribution < -0.4 is 10.5 Å². The first kappa shape index (κ1) is 27.1. The zero-order valence-electron chi connectivity index (χ0n) is 20.9. The molecular formula is C30H29Cl2FN2O2S. The van der Waals surface area contributed by atoms with E-state index in [0.717, 1.165) is 76.7 Å². The van der Waals surface area contributed by atoms with Gasteiger partial charge in [-0.3, -0.25) is 14.1 Å². The maximum atomic E-state index is 12.5. The fourth-order valence-corrected chi connectivity index (χ4v) is 6.74. The van der Waals surface area contributed by atoms with Gasteiger partial charge >= 0.3 is 0 Å². The highest BCUT2D eigenvalue weighted by molar-refractivity contribution is 7.99. The Kier molecular flexibility index (Phi) is 8.64. The number of rotatable bonds is 8. The van der Waals surface area contributed by atoms with Crippen molar-refractivity contribution in [3.63, 3.8) is 0 Å². The number of allylic oxidation sites excluding steroid dienone is 1. The van der Waals surface area contributed by atoms with E-state index >= 15 is 0 Å². The van der Waals surface area contributed by atoms with Gasteiger partial charge in [0.25, 0.3) is 0 Å². The van der Waals surface area contributed by atoms with Crippen molar-refractivity contribution >= 4 is 52.0 Å². The van der Waals surface area contributed by atoms with Crippen molar-refractivity contribution in [3.8, 4) is 5.75 Å². The largest absolute Gasteiger partial charge is 0.489 e. The Labute approximate surface area is 236 Å². The molecule has 1 fully saturated rings. The highest BCUT2D eigenvalue weighted by Crippen LogP contribution is 2.45. The minimum absolute atomic E-state index is 0.102. The van der Waals surface area contributed by atoms with Crippen molar-refractivity contribution in [2.75, 3.05) is 32.1 Å². The molecule has 0 bridgehead atoms. The van der Waals surface area contributed by atoms with Gasteiger partial charge in [-0.15, -0.1) is 11.8 Å². The van der Waals surface area contributed by atoms with Crippen molar-refractivity contribution in [2.45, 2.75) is 30.3 Å². The van der Waals surface area contributed by atoms with Crippen LogP contribution in [0, 0.1) is 0 Å². The molecule has 0 spiro atoms. The lowest BCUT2D eigenvalue weighted by atomic mass is 9.88. The number of carbonyl (C=O) groups is 1. The van der Waals surface area contributed by atoms with Gasteiger partial charge in [0.15, 0.2) is 0 Å². The summed E-state index contributed by atoms with van der Waals surface area (Å²) in [5.41, 5.74) is 11.3. The molecule has 2 N–H and O–H groups in total. The number of benzene rings is 3. The fraction of sp³-hybridized carbons (Fsp3) is 0.300. The molecule has 0 aliphatic carbocycles. The van der Waals surface area contributed by atoms with Crippen LogP contribution in [0.5, 0.6) is 5.75 Å². The summed E-state index contributed by atoms with van der Waals surface area (Å²) in [6.45, 7) is 2.24. The minimum atomic E-state index is -0.444. The smallest absolute Gasteiger partial charge is 0.248 e. The topological polar surface area (TPSA) is 55.6 Å². The molecule has 0 radical (unpaired) electrons. The van der Waals surface area contributed by atoms with Crippen molar-refractivity contribution in [3.05, 3.63) is 93.0 Å². The predicted molar refractivity (Wildman–Crippen MR) is 155 cm³/mol. The van der Waals surface area contributed by atoms with Gasteiger partial charge in [-0.25, -0.2) is 0 Å². The Morgan fingerprint density at radius 3 is 2.61 bits per heavy atom. The molecule has 1 amide bonds. The lowest BCUT2D eigenvalue weighted by Gasteiger charge is -2.19. The number of hydrogen-bond donors (Lipinski definition) is 1. The molecule has 2 aliphatic heterocycles. The van der Waals surface area contributed by atoms with Crippen LogP contribution in [0.3, 0.4) is 0 Å². The van der Waals surface area contributed by atoms with Crippen LogP contribution in [-0.4, -0.2) is 49.0 Å². The number of nitrogens with two attached hydrogens (primary N) is 1. The molecule has 3 aromatic carbocycles. The van der Waals surface area contributed by atoms with Crippen LogP contribution in [0.25, 0.3) is 11.1 Å². The van der Waals surface area contributed by atoms with Crippen LogP contribution in [-0.2, 0) is 0 Å². The van der Waals surface area contributed by atoms with Gasteiger partial charge < -0.3 is 10.5 Å². The van der Waals surface area contributed by atoms with Gasteiger partial charge in [0, 0.05) is 45.9 Å². The number of fused-ring (bicyclic) bond motifs is 1. The number of likely N-dealkylation sites (tertiary alicyclic amines) is 1.